The summed E-state index contributed by atoms with van der Waals surface area (Å²) in [6.45, 7) is 0.661. The van der Waals surface area contributed by atoms with E-state index >= 15 is 0 Å². The number of nitrogens with two attached hydrogens (primary N) is 1. The predicted molar refractivity (Wildman–Crippen MR) is 69.9 cm³/mol. The molecule has 2 nitrogen and oxygen atoms in total. The Kier molecular flexibility index (Phi) is 1.37. The number of hydrogen-bond donors (Lipinski definition) is 2. The van der Waals surface area contributed by atoms with Crippen LogP contribution >= 0.6 is 0 Å². The summed E-state index contributed by atoms with van der Waals surface area (Å²) in [6, 6.07) is 0.855. The Bertz CT molecular complexity index is 598. The van der Waals surface area contributed by atoms with E-state index in [0.717, 1.165) is 6.92 Å². The van der Waals surface area contributed by atoms with Gasteiger partial charge in [0.25, 0.3) is 0 Å². The average Bonchev–Trinajstić information content (AvgIpc) is 2.31. The summed E-state index contributed by atoms with van der Waals surface area (Å²) in [7, 11) is 0. The summed E-state index contributed by atoms with van der Waals surface area (Å²) < 4.78 is 54.1. The number of phenolic OH excluding ortho intramolecular Hbond substituents is 1. The zero-order chi connectivity index (χ0) is 18.6. The number of nitrogen functional groups attached to an aromatic ring is 1. The van der Waals surface area contributed by atoms with Crippen LogP contribution in [0, 0.1) is 0 Å². The summed E-state index contributed by atoms with van der Waals surface area (Å²) in [5.41, 5.74) is 3.13. The van der Waals surface area contributed by atoms with E-state index in [1.165, 1.54) is 6.07 Å². The minimum Gasteiger partial charge on any atom is -0.508 e. The zero-order valence-corrected chi connectivity index (χ0v) is 10.1. The molecule has 1 aromatic carbocycles. The molecule has 0 saturated heterocycles. The van der Waals surface area contributed by atoms with Crippen molar-refractivity contribution in [1.82, 2.24) is 0 Å². The highest BCUT2D eigenvalue weighted by Crippen LogP contribution is 2.38. The van der Waals surface area contributed by atoms with Crippen molar-refractivity contribution >= 4 is 5.69 Å². The van der Waals surface area contributed by atoms with Crippen LogP contribution < -0.4 is 5.73 Å². The standard InChI is InChI=1S/C14H23NO/c1-13(2,3)9-7-10(14(4,5)6)12(16)8-11(9)15/h7-8,16H,15H2,1-6H3/i4D3,5D3,8D. The largest absolute Gasteiger partial charge is 0.508 e. The number of aromatic hydroxyl groups is 1. The quantitative estimate of drug-likeness (QED) is 0.667. The SMILES string of the molecule is [2H]c1c(N)c(C(C)(C)C)cc(C(C)(C([2H])([2H])[2H])C([2H])([2H])[2H])c1O. The van der Waals surface area contributed by atoms with Crippen LogP contribution in [-0.2, 0) is 10.8 Å². The third kappa shape index (κ3) is 2.49. The molecule has 0 aliphatic heterocycles. The Morgan fingerprint density at radius 2 is 1.75 bits per heavy atom. The number of anilines is 1. The number of rotatable bonds is 0. The van der Waals surface area contributed by atoms with Gasteiger partial charge in [0.2, 0.25) is 0 Å². The molecule has 1 aromatic rings. The van der Waals surface area contributed by atoms with E-state index in [4.69, 9.17) is 15.3 Å². The van der Waals surface area contributed by atoms with Crippen LogP contribution in [-0.4, -0.2) is 5.11 Å². The summed E-state index contributed by atoms with van der Waals surface area (Å²) in [5.74, 6) is -0.703. The predicted octanol–water partition coefficient (Wildman–Crippen LogP) is 3.57. The van der Waals surface area contributed by atoms with Crippen molar-refractivity contribution in [3.05, 3.63) is 23.2 Å². The first-order valence-electron chi connectivity index (χ1n) is 8.59. The van der Waals surface area contributed by atoms with Gasteiger partial charge in [0, 0.05) is 20.0 Å². The molecule has 0 aromatic heterocycles. The molecule has 16 heavy (non-hydrogen) atoms. The lowest BCUT2D eigenvalue weighted by molar-refractivity contribution is 0.445. The van der Waals surface area contributed by atoms with Crippen LogP contribution in [0.1, 0.15) is 62.1 Å². The fraction of sp³-hybridized carbons (Fsp3) is 0.571. The zero-order valence-electron chi connectivity index (χ0n) is 17.1. The van der Waals surface area contributed by atoms with Gasteiger partial charge in [-0.15, -0.1) is 0 Å². The molecule has 3 N–H and O–H groups in total. The molecular weight excluding hydrogens is 198 g/mol. The molecule has 0 atom stereocenters. The molecule has 0 aliphatic rings. The molecule has 0 aliphatic carbocycles. The molecule has 90 valence electrons. The number of benzene rings is 1. The second-order valence-corrected chi connectivity index (χ2v) is 5.23. The van der Waals surface area contributed by atoms with E-state index in [2.05, 4.69) is 0 Å². The molecule has 0 unspecified atom stereocenters. The molecule has 0 spiro atoms. The average molecular weight is 228 g/mol. The Hall–Kier alpha value is -1.18. The molecule has 0 fully saturated rings. The van der Waals surface area contributed by atoms with E-state index < -0.39 is 36.3 Å². The topological polar surface area (TPSA) is 46.2 Å². The maximum absolute atomic E-state index is 10.3. The smallest absolute Gasteiger partial charge is 0.121 e. The van der Waals surface area contributed by atoms with Crippen molar-refractivity contribution in [2.75, 3.05) is 5.73 Å². The molecule has 2 heteroatoms. The van der Waals surface area contributed by atoms with Gasteiger partial charge < -0.3 is 10.8 Å². The first kappa shape index (κ1) is 5.95. The minimum atomic E-state index is -2.91. The summed E-state index contributed by atoms with van der Waals surface area (Å²) >= 11 is 0. The lowest BCUT2D eigenvalue weighted by Gasteiger charge is -2.27. The fourth-order valence-corrected chi connectivity index (χ4v) is 1.55. The van der Waals surface area contributed by atoms with Crippen LogP contribution in [0.15, 0.2) is 12.1 Å². The van der Waals surface area contributed by atoms with Gasteiger partial charge in [-0.05, 0) is 28.0 Å². The highest BCUT2D eigenvalue weighted by Gasteiger charge is 2.24. The van der Waals surface area contributed by atoms with Crippen molar-refractivity contribution in [2.45, 2.75) is 52.2 Å². The Balaban J connectivity index is 3.94. The van der Waals surface area contributed by atoms with Gasteiger partial charge in [0.15, 0.2) is 0 Å². The summed E-state index contributed by atoms with van der Waals surface area (Å²) in [5, 5.41) is 10.3. The van der Waals surface area contributed by atoms with Gasteiger partial charge in [-0.25, -0.2) is 0 Å². The van der Waals surface area contributed by atoms with Crippen LogP contribution in [0.4, 0.5) is 5.69 Å². The molecule has 0 heterocycles. The molecule has 0 radical (unpaired) electrons. The Morgan fingerprint density at radius 1 is 1.19 bits per heavy atom. The van der Waals surface area contributed by atoms with Crippen molar-refractivity contribution in [3.8, 4) is 5.75 Å². The van der Waals surface area contributed by atoms with Gasteiger partial charge in [-0.1, -0.05) is 41.4 Å². The maximum atomic E-state index is 10.3. The molecule has 0 saturated carbocycles. The Labute approximate surface area is 108 Å². The third-order valence-electron chi connectivity index (χ3n) is 2.43. The first-order chi connectivity index (χ1) is 9.96. The van der Waals surface area contributed by atoms with Crippen molar-refractivity contribution < 1.29 is 14.7 Å². The van der Waals surface area contributed by atoms with Crippen LogP contribution in [0.2, 0.25) is 0 Å². The van der Waals surface area contributed by atoms with Crippen LogP contribution in [0.5, 0.6) is 5.75 Å². The molecule has 0 bridgehead atoms. The molecular formula is C14H23NO. The highest BCUT2D eigenvalue weighted by atomic mass is 16.3. The lowest BCUT2D eigenvalue weighted by Crippen LogP contribution is -2.18. The van der Waals surface area contributed by atoms with E-state index in [-0.39, 0.29) is 11.3 Å². The first-order valence-corrected chi connectivity index (χ1v) is 5.09. The molecule has 0 amide bonds. The second kappa shape index (κ2) is 3.69. The number of hydrogen-bond acceptors (Lipinski definition) is 2. The Morgan fingerprint density at radius 3 is 2.19 bits per heavy atom. The highest BCUT2D eigenvalue weighted by molar-refractivity contribution is 5.58. The van der Waals surface area contributed by atoms with E-state index in [9.17, 15) is 5.11 Å². The second-order valence-electron chi connectivity index (χ2n) is 5.23. The summed E-state index contributed by atoms with van der Waals surface area (Å²) in [4.78, 5) is 0. The fourth-order valence-electron chi connectivity index (χ4n) is 1.55. The number of phenols is 1. The maximum Gasteiger partial charge on any atom is 0.121 e. The van der Waals surface area contributed by atoms with Gasteiger partial charge in [-0.3, -0.25) is 0 Å². The van der Waals surface area contributed by atoms with Gasteiger partial charge in [0.05, 0.1) is 1.37 Å². The third-order valence-corrected chi connectivity index (χ3v) is 2.43. The van der Waals surface area contributed by atoms with Gasteiger partial charge in [0.1, 0.15) is 5.75 Å². The lowest BCUT2D eigenvalue weighted by atomic mass is 9.79. The van der Waals surface area contributed by atoms with E-state index in [1.807, 2.05) is 0 Å². The summed E-state index contributed by atoms with van der Waals surface area (Å²) in [6.07, 6.45) is 0. The van der Waals surface area contributed by atoms with Crippen molar-refractivity contribution in [2.24, 2.45) is 0 Å². The normalized spacial score (nSPS) is 20.9. The minimum absolute atomic E-state index is 0.0113. The van der Waals surface area contributed by atoms with Gasteiger partial charge in [-0.2, -0.15) is 0 Å². The van der Waals surface area contributed by atoms with E-state index in [1.54, 1.807) is 20.8 Å². The van der Waals surface area contributed by atoms with Crippen molar-refractivity contribution in [3.63, 3.8) is 0 Å². The van der Waals surface area contributed by atoms with Crippen molar-refractivity contribution in [1.29, 1.82) is 0 Å². The molecule has 1 rings (SSSR count). The van der Waals surface area contributed by atoms with E-state index in [0.29, 0.717) is 5.56 Å². The van der Waals surface area contributed by atoms with Gasteiger partial charge >= 0.3 is 0 Å². The van der Waals surface area contributed by atoms with Crippen LogP contribution in [0.3, 0.4) is 0 Å². The monoisotopic (exact) mass is 228 g/mol. The van der Waals surface area contributed by atoms with Crippen LogP contribution in [0.25, 0.3) is 0 Å².